The van der Waals surface area contributed by atoms with Gasteiger partial charge in [0.05, 0.1) is 14.2 Å². The molecular weight excluding hydrogens is 467 g/mol. The van der Waals surface area contributed by atoms with Crippen molar-refractivity contribution in [3.05, 3.63) is 52.0 Å². The molecule has 1 N–H and O–H groups in total. The van der Waals surface area contributed by atoms with Gasteiger partial charge < -0.3 is 24.4 Å². The van der Waals surface area contributed by atoms with Crippen LogP contribution in [0.1, 0.15) is 26.3 Å². The van der Waals surface area contributed by atoms with Gasteiger partial charge in [-0.1, -0.05) is 43.1 Å². The molecule has 0 heterocycles. The Hall–Kier alpha value is -2.64. The van der Waals surface area contributed by atoms with Gasteiger partial charge in [-0.05, 0) is 25.0 Å². The summed E-state index contributed by atoms with van der Waals surface area (Å²) in [5, 5.41) is 3.68. The Labute approximate surface area is 204 Å². The lowest BCUT2D eigenvalue weighted by Gasteiger charge is -2.29. The molecule has 2 rings (SSSR count). The quantitative estimate of drug-likeness (QED) is 0.492. The normalized spacial score (nSPS) is 11.6. The molecule has 0 fully saturated rings. The number of ether oxygens (including phenoxy) is 3. The van der Waals surface area contributed by atoms with E-state index in [-0.39, 0.29) is 25.0 Å². The van der Waals surface area contributed by atoms with Gasteiger partial charge in [0.1, 0.15) is 23.3 Å². The van der Waals surface area contributed by atoms with Crippen LogP contribution >= 0.6 is 23.2 Å². The van der Waals surface area contributed by atoms with Gasteiger partial charge in [-0.3, -0.25) is 9.59 Å². The Morgan fingerprint density at radius 3 is 2.03 bits per heavy atom. The number of hydrogen-bond donors (Lipinski definition) is 1. The van der Waals surface area contributed by atoms with Crippen LogP contribution in [0.2, 0.25) is 10.0 Å². The summed E-state index contributed by atoms with van der Waals surface area (Å²) in [5.41, 5.74) is 0.556. The molecule has 0 bridgehead atoms. The van der Waals surface area contributed by atoms with E-state index >= 15 is 0 Å². The second kappa shape index (κ2) is 12.6. The minimum Gasteiger partial charge on any atom is -0.496 e. The fourth-order valence-electron chi connectivity index (χ4n) is 2.98. The van der Waals surface area contributed by atoms with E-state index in [0.717, 1.165) is 0 Å². The summed E-state index contributed by atoms with van der Waals surface area (Å²) in [7, 11) is 3.05. The molecule has 0 saturated carbocycles. The third-order valence-corrected chi connectivity index (χ3v) is 5.64. The van der Waals surface area contributed by atoms with Crippen LogP contribution in [0.5, 0.6) is 17.2 Å². The van der Waals surface area contributed by atoms with Crippen molar-refractivity contribution >= 4 is 35.0 Å². The van der Waals surface area contributed by atoms with Crippen LogP contribution in [0.25, 0.3) is 0 Å². The van der Waals surface area contributed by atoms with Crippen molar-refractivity contribution in [1.82, 2.24) is 10.2 Å². The van der Waals surface area contributed by atoms with Crippen molar-refractivity contribution in [1.29, 1.82) is 0 Å². The van der Waals surface area contributed by atoms with Crippen molar-refractivity contribution < 1.29 is 23.8 Å². The Morgan fingerprint density at radius 2 is 1.52 bits per heavy atom. The molecule has 7 nitrogen and oxygen atoms in total. The van der Waals surface area contributed by atoms with Gasteiger partial charge in [-0.25, -0.2) is 0 Å². The van der Waals surface area contributed by atoms with Gasteiger partial charge >= 0.3 is 0 Å². The molecule has 0 aromatic heterocycles. The highest BCUT2D eigenvalue weighted by Gasteiger charge is 2.28. The molecule has 0 spiro atoms. The number of amides is 2. The predicted molar refractivity (Wildman–Crippen MR) is 129 cm³/mol. The van der Waals surface area contributed by atoms with E-state index in [1.807, 2.05) is 13.8 Å². The number of methoxy groups -OCH3 is 2. The number of carbonyl (C=O) groups is 2. The summed E-state index contributed by atoms with van der Waals surface area (Å²) in [5.74, 6) is 1.04. The predicted octanol–water partition coefficient (Wildman–Crippen LogP) is 4.58. The molecule has 9 heteroatoms. The SMILES string of the molecule is COc1cc(OC)cc(OCC(=O)N(Cc2c(Cl)cccc2Cl)[C@@H](C)C(=O)NCC(C)C)c1. The summed E-state index contributed by atoms with van der Waals surface area (Å²) >= 11 is 12.6. The Kier molecular flexibility index (Phi) is 10.1. The van der Waals surface area contributed by atoms with Crippen molar-refractivity contribution in [2.24, 2.45) is 5.92 Å². The molecule has 2 aromatic rings. The molecule has 0 unspecified atom stereocenters. The van der Waals surface area contributed by atoms with E-state index in [2.05, 4.69) is 5.32 Å². The molecule has 0 aliphatic carbocycles. The molecule has 2 aromatic carbocycles. The first kappa shape index (κ1) is 26.6. The lowest BCUT2D eigenvalue weighted by Crippen LogP contribution is -2.49. The minimum atomic E-state index is -0.771. The molecule has 33 heavy (non-hydrogen) atoms. The Balaban J connectivity index is 2.24. The third-order valence-electron chi connectivity index (χ3n) is 4.93. The second-order valence-corrected chi connectivity index (χ2v) is 8.69. The van der Waals surface area contributed by atoms with Crippen molar-refractivity contribution in [3.63, 3.8) is 0 Å². The zero-order chi connectivity index (χ0) is 24.5. The standard InChI is InChI=1S/C24H30Cl2N2O5/c1-15(2)12-27-24(30)16(3)28(13-20-21(25)7-6-8-22(20)26)23(29)14-33-19-10-17(31-4)9-18(11-19)32-5/h6-11,15-16H,12-14H2,1-5H3,(H,27,30)/t16-/m0/s1. The smallest absolute Gasteiger partial charge is 0.261 e. The molecule has 180 valence electrons. The molecule has 1 atom stereocenters. The molecule has 0 aliphatic rings. The summed E-state index contributed by atoms with van der Waals surface area (Å²) in [6, 6.07) is 9.31. The van der Waals surface area contributed by atoms with Gasteiger partial charge in [0.2, 0.25) is 5.91 Å². The summed E-state index contributed by atoms with van der Waals surface area (Å²) < 4.78 is 16.2. The van der Waals surface area contributed by atoms with Crippen LogP contribution in [-0.2, 0) is 16.1 Å². The highest BCUT2D eigenvalue weighted by atomic mass is 35.5. The first-order valence-corrected chi connectivity index (χ1v) is 11.3. The van der Waals surface area contributed by atoms with Crippen molar-refractivity contribution in [2.45, 2.75) is 33.4 Å². The maximum atomic E-state index is 13.2. The first-order valence-electron chi connectivity index (χ1n) is 10.5. The number of hydrogen-bond acceptors (Lipinski definition) is 5. The number of nitrogens with one attached hydrogen (secondary N) is 1. The molecular formula is C24H30Cl2N2O5. The lowest BCUT2D eigenvalue weighted by atomic mass is 10.1. The average molecular weight is 497 g/mol. The van der Waals surface area contributed by atoms with E-state index in [1.54, 1.807) is 43.3 Å². The molecule has 2 amide bonds. The van der Waals surface area contributed by atoms with E-state index < -0.39 is 11.9 Å². The van der Waals surface area contributed by atoms with Crippen LogP contribution in [0.15, 0.2) is 36.4 Å². The van der Waals surface area contributed by atoms with Crippen molar-refractivity contribution in [2.75, 3.05) is 27.4 Å². The summed E-state index contributed by atoms with van der Waals surface area (Å²) in [6.07, 6.45) is 0. The highest BCUT2D eigenvalue weighted by Crippen LogP contribution is 2.28. The van der Waals surface area contributed by atoms with Gasteiger partial charge in [0, 0.05) is 46.9 Å². The van der Waals surface area contributed by atoms with Crippen molar-refractivity contribution in [3.8, 4) is 17.2 Å². The molecule has 0 aliphatic heterocycles. The van der Waals surface area contributed by atoms with Gasteiger partial charge in [-0.15, -0.1) is 0 Å². The largest absolute Gasteiger partial charge is 0.496 e. The minimum absolute atomic E-state index is 0.0540. The fourth-order valence-corrected chi connectivity index (χ4v) is 3.50. The Bertz CT molecular complexity index is 925. The van der Waals surface area contributed by atoms with Gasteiger partial charge in [-0.2, -0.15) is 0 Å². The fraction of sp³-hybridized carbons (Fsp3) is 0.417. The van der Waals surface area contributed by atoms with Crippen LogP contribution in [0.4, 0.5) is 0 Å². The van der Waals surface area contributed by atoms with Crippen LogP contribution < -0.4 is 19.5 Å². The van der Waals surface area contributed by atoms with Gasteiger partial charge in [0.25, 0.3) is 5.91 Å². The Morgan fingerprint density at radius 1 is 0.970 bits per heavy atom. The van der Waals surface area contributed by atoms with Gasteiger partial charge in [0.15, 0.2) is 6.61 Å². The number of rotatable bonds is 11. The zero-order valence-corrected chi connectivity index (χ0v) is 21.0. The van der Waals surface area contributed by atoms with E-state index in [9.17, 15) is 9.59 Å². The van der Waals surface area contributed by atoms with E-state index in [0.29, 0.717) is 39.4 Å². The summed E-state index contributed by atoms with van der Waals surface area (Å²) in [6.45, 7) is 5.89. The van der Waals surface area contributed by atoms with Crippen LogP contribution in [-0.4, -0.2) is 50.1 Å². The number of carbonyl (C=O) groups excluding carboxylic acids is 2. The average Bonchev–Trinajstić information content (AvgIpc) is 2.80. The van der Waals surface area contributed by atoms with E-state index in [4.69, 9.17) is 37.4 Å². The summed E-state index contributed by atoms with van der Waals surface area (Å²) in [4.78, 5) is 27.4. The maximum Gasteiger partial charge on any atom is 0.261 e. The highest BCUT2D eigenvalue weighted by molar-refractivity contribution is 6.36. The second-order valence-electron chi connectivity index (χ2n) is 7.87. The number of halogens is 2. The van der Waals surface area contributed by atoms with Crippen LogP contribution in [0, 0.1) is 5.92 Å². The zero-order valence-electron chi connectivity index (χ0n) is 19.5. The maximum absolute atomic E-state index is 13.2. The van der Waals surface area contributed by atoms with Crippen LogP contribution in [0.3, 0.4) is 0 Å². The first-order chi connectivity index (χ1) is 15.7. The monoisotopic (exact) mass is 496 g/mol. The number of nitrogens with zero attached hydrogens (tertiary/aromatic N) is 1. The van der Waals surface area contributed by atoms with E-state index in [1.165, 1.54) is 19.1 Å². The third kappa shape index (κ3) is 7.72. The molecule has 0 saturated heterocycles. The topological polar surface area (TPSA) is 77.1 Å². The molecule has 0 radical (unpaired) electrons. The lowest BCUT2D eigenvalue weighted by molar-refractivity contribution is -0.142. The number of benzene rings is 2.